The number of esters is 2. The van der Waals surface area contributed by atoms with E-state index in [-0.39, 0.29) is 22.1 Å². The molecular weight excluding hydrogens is 460 g/mol. The van der Waals surface area contributed by atoms with Crippen molar-refractivity contribution in [2.24, 2.45) is 0 Å². The van der Waals surface area contributed by atoms with E-state index < -0.39 is 17.7 Å². The number of methoxy groups -OCH3 is 5. The summed E-state index contributed by atoms with van der Waals surface area (Å²) in [5.74, 6) is -0.471. The standard InChI is InChI=1S/C25H24O10/c1-29-17-8-12(9-18(30-2)23(17)31-3)19-13-10-15-16(35-7-6-34-15)11-14(13)22(26)21(25(28)33-5)20(19)24(27)32-4/h8-11,26H,6-7H2,1-5H3. The van der Waals surface area contributed by atoms with Gasteiger partial charge < -0.3 is 38.3 Å². The van der Waals surface area contributed by atoms with Crippen molar-refractivity contribution in [3.63, 3.8) is 0 Å². The highest BCUT2D eigenvalue weighted by Crippen LogP contribution is 2.49. The van der Waals surface area contributed by atoms with Gasteiger partial charge in [-0.1, -0.05) is 0 Å². The molecule has 0 aliphatic carbocycles. The van der Waals surface area contributed by atoms with Gasteiger partial charge in [-0.05, 0) is 35.2 Å². The van der Waals surface area contributed by atoms with Gasteiger partial charge in [0.05, 0.1) is 41.1 Å². The molecule has 4 rings (SSSR count). The summed E-state index contributed by atoms with van der Waals surface area (Å²) >= 11 is 0. The molecule has 0 saturated heterocycles. The smallest absolute Gasteiger partial charge is 0.342 e. The molecule has 3 aromatic rings. The van der Waals surface area contributed by atoms with Crippen LogP contribution in [0.15, 0.2) is 24.3 Å². The first-order valence-electron chi connectivity index (χ1n) is 10.5. The second kappa shape index (κ2) is 9.49. The molecule has 0 spiro atoms. The third-order valence-electron chi connectivity index (χ3n) is 5.68. The molecule has 184 valence electrons. The van der Waals surface area contributed by atoms with Crippen molar-refractivity contribution in [3.05, 3.63) is 35.4 Å². The molecule has 0 saturated carbocycles. The molecule has 0 radical (unpaired) electrons. The first-order chi connectivity index (χ1) is 16.9. The van der Waals surface area contributed by atoms with Crippen LogP contribution in [0.3, 0.4) is 0 Å². The van der Waals surface area contributed by atoms with Crippen LogP contribution in [0, 0.1) is 0 Å². The Morgan fingerprint density at radius 1 is 0.743 bits per heavy atom. The van der Waals surface area contributed by atoms with Crippen molar-refractivity contribution in [2.45, 2.75) is 0 Å². The summed E-state index contributed by atoms with van der Waals surface area (Å²) in [6, 6.07) is 6.43. The second-order valence-corrected chi connectivity index (χ2v) is 7.41. The lowest BCUT2D eigenvalue weighted by molar-refractivity contribution is 0.0553. The molecule has 1 aliphatic rings. The van der Waals surface area contributed by atoms with Gasteiger partial charge in [0.2, 0.25) is 5.75 Å². The molecule has 10 nitrogen and oxygen atoms in total. The second-order valence-electron chi connectivity index (χ2n) is 7.41. The number of fused-ring (bicyclic) bond motifs is 2. The van der Waals surface area contributed by atoms with Crippen LogP contribution in [0.25, 0.3) is 21.9 Å². The van der Waals surface area contributed by atoms with Gasteiger partial charge in [0.1, 0.15) is 24.5 Å². The van der Waals surface area contributed by atoms with Crippen LogP contribution < -0.4 is 23.7 Å². The zero-order valence-corrected chi connectivity index (χ0v) is 19.8. The van der Waals surface area contributed by atoms with Gasteiger partial charge in [-0.2, -0.15) is 0 Å². The topological polar surface area (TPSA) is 119 Å². The Balaban J connectivity index is 2.23. The molecule has 1 heterocycles. The van der Waals surface area contributed by atoms with Crippen LogP contribution in [-0.2, 0) is 9.47 Å². The van der Waals surface area contributed by atoms with E-state index in [2.05, 4.69) is 0 Å². The van der Waals surface area contributed by atoms with Gasteiger partial charge in [0.25, 0.3) is 0 Å². The van der Waals surface area contributed by atoms with E-state index in [9.17, 15) is 14.7 Å². The molecule has 3 aromatic carbocycles. The minimum atomic E-state index is -0.923. The number of ether oxygens (including phenoxy) is 7. The lowest BCUT2D eigenvalue weighted by Gasteiger charge is -2.23. The lowest BCUT2D eigenvalue weighted by Crippen LogP contribution is -2.16. The number of aromatic hydroxyl groups is 1. The Morgan fingerprint density at radius 3 is 1.74 bits per heavy atom. The molecule has 35 heavy (non-hydrogen) atoms. The highest BCUT2D eigenvalue weighted by atomic mass is 16.6. The van der Waals surface area contributed by atoms with Gasteiger partial charge >= 0.3 is 11.9 Å². The van der Waals surface area contributed by atoms with Crippen LogP contribution in [0.2, 0.25) is 0 Å². The highest BCUT2D eigenvalue weighted by molar-refractivity contribution is 6.19. The normalized spacial score (nSPS) is 12.1. The Labute approximate surface area is 200 Å². The fraction of sp³-hybridized carbons (Fsp3) is 0.280. The predicted molar refractivity (Wildman–Crippen MR) is 124 cm³/mol. The van der Waals surface area contributed by atoms with Gasteiger partial charge in [0.15, 0.2) is 23.0 Å². The number of hydrogen-bond acceptors (Lipinski definition) is 10. The van der Waals surface area contributed by atoms with E-state index in [0.717, 1.165) is 7.11 Å². The van der Waals surface area contributed by atoms with E-state index in [1.54, 1.807) is 24.3 Å². The first kappa shape index (κ1) is 23.8. The maximum atomic E-state index is 13.1. The third-order valence-corrected chi connectivity index (χ3v) is 5.68. The third kappa shape index (κ3) is 3.86. The molecule has 0 bridgehead atoms. The Bertz CT molecular complexity index is 1300. The molecule has 0 unspecified atom stereocenters. The summed E-state index contributed by atoms with van der Waals surface area (Å²) in [6.45, 7) is 0.650. The zero-order valence-electron chi connectivity index (χ0n) is 19.8. The molecule has 1 aliphatic heterocycles. The first-order valence-corrected chi connectivity index (χ1v) is 10.5. The number of phenols is 1. The van der Waals surface area contributed by atoms with Crippen molar-refractivity contribution in [2.75, 3.05) is 48.8 Å². The summed E-state index contributed by atoms with van der Waals surface area (Å²) in [6.07, 6.45) is 0. The maximum Gasteiger partial charge on any atom is 0.342 e. The average Bonchev–Trinajstić information content (AvgIpc) is 2.90. The largest absolute Gasteiger partial charge is 0.506 e. The molecular formula is C25H24O10. The minimum Gasteiger partial charge on any atom is -0.506 e. The van der Waals surface area contributed by atoms with Crippen molar-refractivity contribution in [1.29, 1.82) is 0 Å². The van der Waals surface area contributed by atoms with E-state index in [1.807, 2.05) is 0 Å². The van der Waals surface area contributed by atoms with Crippen molar-refractivity contribution in [1.82, 2.24) is 0 Å². The van der Waals surface area contributed by atoms with Crippen LogP contribution in [0.1, 0.15) is 20.7 Å². The SMILES string of the molecule is COC(=O)c1c(C(=O)OC)c(-c2cc(OC)c(OC)c(OC)c2)c2cc3c(cc2c1O)OCCO3. The van der Waals surface area contributed by atoms with E-state index in [0.29, 0.717) is 52.9 Å². The summed E-state index contributed by atoms with van der Waals surface area (Å²) in [5, 5.41) is 11.8. The number of benzene rings is 3. The summed E-state index contributed by atoms with van der Waals surface area (Å²) < 4.78 is 37.7. The van der Waals surface area contributed by atoms with Crippen LogP contribution in [0.5, 0.6) is 34.5 Å². The summed E-state index contributed by atoms with van der Waals surface area (Å²) in [4.78, 5) is 25.9. The number of rotatable bonds is 6. The molecule has 10 heteroatoms. The van der Waals surface area contributed by atoms with Gasteiger partial charge in [-0.15, -0.1) is 0 Å². The molecule has 1 N–H and O–H groups in total. The Kier molecular flexibility index (Phi) is 6.46. The van der Waals surface area contributed by atoms with Gasteiger partial charge in [-0.3, -0.25) is 0 Å². The van der Waals surface area contributed by atoms with Gasteiger partial charge in [0, 0.05) is 10.9 Å². The predicted octanol–water partition coefficient (Wildman–Crippen LogP) is 3.58. The van der Waals surface area contributed by atoms with Crippen LogP contribution in [0.4, 0.5) is 0 Å². The molecule has 0 atom stereocenters. The van der Waals surface area contributed by atoms with Crippen molar-refractivity contribution < 1.29 is 47.9 Å². The van der Waals surface area contributed by atoms with E-state index in [4.69, 9.17) is 33.2 Å². The van der Waals surface area contributed by atoms with Crippen molar-refractivity contribution in [3.8, 4) is 45.6 Å². The average molecular weight is 484 g/mol. The quantitative estimate of drug-likeness (QED) is 0.520. The van der Waals surface area contributed by atoms with Crippen LogP contribution >= 0.6 is 0 Å². The van der Waals surface area contributed by atoms with E-state index in [1.165, 1.54) is 28.4 Å². The minimum absolute atomic E-state index is 0.199. The number of phenolic OH excluding ortho intramolecular Hbond substituents is 1. The summed E-state index contributed by atoms with van der Waals surface area (Å²) in [7, 11) is 6.70. The maximum absolute atomic E-state index is 13.1. The Hall–Kier alpha value is -4.34. The molecule has 0 amide bonds. The van der Waals surface area contributed by atoms with Gasteiger partial charge in [-0.25, -0.2) is 9.59 Å². The molecule has 0 aromatic heterocycles. The van der Waals surface area contributed by atoms with Crippen LogP contribution in [-0.4, -0.2) is 65.8 Å². The Morgan fingerprint density at radius 2 is 1.26 bits per heavy atom. The van der Waals surface area contributed by atoms with Crippen molar-refractivity contribution >= 4 is 22.7 Å². The highest BCUT2D eigenvalue weighted by Gasteiger charge is 2.32. The van der Waals surface area contributed by atoms with E-state index >= 15 is 0 Å². The number of carbonyl (C=O) groups excluding carboxylic acids is 2. The molecule has 0 fully saturated rings. The fourth-order valence-electron chi connectivity index (χ4n) is 4.14. The fourth-order valence-corrected chi connectivity index (χ4v) is 4.14. The number of carbonyl (C=O) groups is 2. The number of hydrogen-bond donors (Lipinski definition) is 1. The lowest BCUT2D eigenvalue weighted by atomic mass is 9.88. The zero-order chi connectivity index (χ0) is 25.3. The monoisotopic (exact) mass is 484 g/mol. The summed E-state index contributed by atoms with van der Waals surface area (Å²) in [5.41, 5.74) is 0.135.